The van der Waals surface area contributed by atoms with Gasteiger partial charge in [0.1, 0.15) is 0 Å². The summed E-state index contributed by atoms with van der Waals surface area (Å²) in [6.45, 7) is 1.56. The second-order valence-corrected chi connectivity index (χ2v) is 4.00. The average molecular weight is 248 g/mol. The molecular formula is C13H16N2O3. The van der Waals surface area contributed by atoms with Crippen molar-refractivity contribution < 1.29 is 9.84 Å². The topological polar surface area (TPSA) is 67.2 Å². The van der Waals surface area contributed by atoms with Gasteiger partial charge in [0.05, 0.1) is 12.8 Å². The quantitative estimate of drug-likeness (QED) is 0.761. The third kappa shape index (κ3) is 3.24. The van der Waals surface area contributed by atoms with Gasteiger partial charge in [-0.2, -0.15) is 0 Å². The van der Waals surface area contributed by atoms with Crippen molar-refractivity contribution in [2.75, 3.05) is 6.61 Å². The van der Waals surface area contributed by atoms with E-state index in [2.05, 4.69) is 4.98 Å². The van der Waals surface area contributed by atoms with E-state index >= 15 is 0 Å². The first-order chi connectivity index (χ1) is 8.77. The molecule has 0 spiro atoms. The van der Waals surface area contributed by atoms with Crippen LogP contribution in [0.5, 0.6) is 5.88 Å². The Morgan fingerprint density at radius 1 is 1.28 bits per heavy atom. The highest BCUT2D eigenvalue weighted by Crippen LogP contribution is 2.04. The number of aromatic amines is 1. The molecule has 1 heterocycles. The Hall–Kier alpha value is -2.01. The number of aromatic nitrogens is 2. The first-order valence-electron chi connectivity index (χ1n) is 5.86. The molecule has 0 aliphatic rings. The van der Waals surface area contributed by atoms with E-state index < -0.39 is 0 Å². The number of benzene rings is 1. The number of nitrogens with one attached hydrogen (secondary N) is 1. The van der Waals surface area contributed by atoms with Crippen LogP contribution >= 0.6 is 0 Å². The number of imidazole rings is 1. The van der Waals surface area contributed by atoms with Crippen LogP contribution in [0.1, 0.15) is 12.0 Å². The lowest BCUT2D eigenvalue weighted by Crippen LogP contribution is -2.17. The molecule has 0 radical (unpaired) electrons. The number of aromatic hydroxyl groups is 1. The van der Waals surface area contributed by atoms with Crippen LogP contribution in [0.4, 0.5) is 0 Å². The van der Waals surface area contributed by atoms with E-state index in [1.54, 1.807) is 0 Å². The van der Waals surface area contributed by atoms with Gasteiger partial charge in [0.15, 0.2) is 0 Å². The van der Waals surface area contributed by atoms with Crippen LogP contribution < -0.4 is 5.69 Å². The monoisotopic (exact) mass is 248 g/mol. The molecule has 96 valence electrons. The van der Waals surface area contributed by atoms with Gasteiger partial charge in [0, 0.05) is 13.2 Å². The van der Waals surface area contributed by atoms with E-state index in [1.165, 1.54) is 10.8 Å². The summed E-state index contributed by atoms with van der Waals surface area (Å²) in [6, 6.07) is 9.90. The lowest BCUT2D eigenvalue weighted by atomic mass is 10.2. The summed E-state index contributed by atoms with van der Waals surface area (Å²) in [5.74, 6) is -0.0388. The van der Waals surface area contributed by atoms with E-state index in [-0.39, 0.29) is 11.6 Å². The molecule has 0 unspecified atom stereocenters. The van der Waals surface area contributed by atoms with Crippen LogP contribution in [0.3, 0.4) is 0 Å². The summed E-state index contributed by atoms with van der Waals surface area (Å²) in [6.07, 6.45) is 1.96. The van der Waals surface area contributed by atoms with Gasteiger partial charge in [0.2, 0.25) is 5.88 Å². The number of hydrogen-bond donors (Lipinski definition) is 2. The minimum Gasteiger partial charge on any atom is -0.493 e. The molecule has 2 aromatic rings. The summed E-state index contributed by atoms with van der Waals surface area (Å²) in [5.41, 5.74) is 0.828. The second-order valence-electron chi connectivity index (χ2n) is 4.00. The number of ether oxygens (including phenoxy) is 1. The molecular weight excluding hydrogens is 232 g/mol. The highest BCUT2D eigenvalue weighted by molar-refractivity contribution is 5.13. The van der Waals surface area contributed by atoms with E-state index in [0.29, 0.717) is 26.2 Å². The van der Waals surface area contributed by atoms with Crippen molar-refractivity contribution in [3.63, 3.8) is 0 Å². The van der Waals surface area contributed by atoms with Crippen molar-refractivity contribution in [1.82, 2.24) is 9.55 Å². The fourth-order valence-electron chi connectivity index (χ4n) is 1.69. The highest BCUT2D eigenvalue weighted by atomic mass is 16.5. The zero-order valence-electron chi connectivity index (χ0n) is 10.0. The summed E-state index contributed by atoms with van der Waals surface area (Å²) >= 11 is 0. The van der Waals surface area contributed by atoms with Gasteiger partial charge in [-0.15, -0.1) is 0 Å². The summed E-state index contributed by atoms with van der Waals surface area (Å²) in [5, 5.41) is 9.36. The maximum atomic E-state index is 11.2. The normalized spacial score (nSPS) is 10.7. The first kappa shape index (κ1) is 12.4. The summed E-state index contributed by atoms with van der Waals surface area (Å²) < 4.78 is 6.77. The number of hydrogen-bond acceptors (Lipinski definition) is 3. The first-order valence-corrected chi connectivity index (χ1v) is 5.86. The van der Waals surface area contributed by atoms with Crippen molar-refractivity contribution in [2.24, 2.45) is 0 Å². The molecule has 0 bridgehead atoms. The Labute approximate surface area is 105 Å². The van der Waals surface area contributed by atoms with Gasteiger partial charge in [0.25, 0.3) is 0 Å². The van der Waals surface area contributed by atoms with E-state index in [4.69, 9.17) is 4.74 Å². The molecule has 0 saturated carbocycles. The lowest BCUT2D eigenvalue weighted by Gasteiger charge is -2.05. The molecule has 0 aliphatic carbocycles. The molecule has 0 fully saturated rings. The Kier molecular flexibility index (Phi) is 4.20. The molecule has 0 aliphatic heterocycles. The molecule has 2 rings (SSSR count). The van der Waals surface area contributed by atoms with Gasteiger partial charge >= 0.3 is 5.69 Å². The molecule has 0 amide bonds. The lowest BCUT2D eigenvalue weighted by molar-refractivity contribution is 0.115. The fourth-order valence-corrected chi connectivity index (χ4v) is 1.69. The van der Waals surface area contributed by atoms with E-state index in [1.807, 2.05) is 30.3 Å². The Morgan fingerprint density at radius 2 is 2.06 bits per heavy atom. The molecule has 2 N–H and O–H groups in total. The van der Waals surface area contributed by atoms with Gasteiger partial charge in [-0.05, 0) is 12.0 Å². The Morgan fingerprint density at radius 3 is 2.72 bits per heavy atom. The van der Waals surface area contributed by atoms with Crippen LogP contribution in [-0.4, -0.2) is 21.3 Å². The van der Waals surface area contributed by atoms with E-state index in [9.17, 15) is 9.90 Å². The third-order valence-electron chi connectivity index (χ3n) is 2.63. The van der Waals surface area contributed by atoms with Crippen LogP contribution in [0.15, 0.2) is 41.3 Å². The molecule has 5 heteroatoms. The minimum atomic E-state index is -0.296. The predicted octanol–water partition coefficient (Wildman–Crippen LogP) is 1.49. The van der Waals surface area contributed by atoms with Gasteiger partial charge < -0.3 is 14.8 Å². The zero-order valence-corrected chi connectivity index (χ0v) is 10.0. The van der Waals surface area contributed by atoms with Gasteiger partial charge in [-0.3, -0.25) is 4.57 Å². The van der Waals surface area contributed by atoms with Crippen LogP contribution in [0.2, 0.25) is 0 Å². The predicted molar refractivity (Wildman–Crippen MR) is 67.4 cm³/mol. The number of nitrogens with zero attached hydrogens (tertiary/aromatic N) is 1. The number of H-pyrrole nitrogens is 1. The van der Waals surface area contributed by atoms with Crippen LogP contribution in [0.25, 0.3) is 0 Å². The summed E-state index contributed by atoms with van der Waals surface area (Å²) in [7, 11) is 0. The molecule has 0 saturated heterocycles. The molecule has 1 aromatic carbocycles. The van der Waals surface area contributed by atoms with Crippen molar-refractivity contribution >= 4 is 0 Å². The largest absolute Gasteiger partial charge is 0.493 e. The fraction of sp³-hybridized carbons (Fsp3) is 0.308. The number of rotatable bonds is 6. The SMILES string of the molecule is O=c1[nH]cc(O)n1CCCOCc1ccccc1. The molecule has 0 atom stereocenters. The molecule has 5 nitrogen and oxygen atoms in total. The van der Waals surface area contributed by atoms with Gasteiger partial charge in [-0.25, -0.2) is 4.79 Å². The maximum Gasteiger partial charge on any atom is 0.328 e. The summed E-state index contributed by atoms with van der Waals surface area (Å²) in [4.78, 5) is 13.7. The van der Waals surface area contributed by atoms with Crippen molar-refractivity contribution in [3.8, 4) is 5.88 Å². The standard InChI is InChI=1S/C13H16N2O3/c16-12-9-14-13(17)15(12)7-4-8-18-10-11-5-2-1-3-6-11/h1-3,5-6,9,16H,4,7-8,10H2,(H,14,17). The van der Waals surface area contributed by atoms with Gasteiger partial charge in [-0.1, -0.05) is 30.3 Å². The second kappa shape index (κ2) is 6.07. The van der Waals surface area contributed by atoms with Crippen LogP contribution in [-0.2, 0) is 17.9 Å². The maximum absolute atomic E-state index is 11.2. The van der Waals surface area contributed by atoms with Crippen molar-refractivity contribution in [3.05, 3.63) is 52.6 Å². The van der Waals surface area contributed by atoms with E-state index in [0.717, 1.165) is 5.56 Å². The Balaban J connectivity index is 1.69. The third-order valence-corrected chi connectivity index (χ3v) is 2.63. The molecule has 18 heavy (non-hydrogen) atoms. The smallest absolute Gasteiger partial charge is 0.328 e. The van der Waals surface area contributed by atoms with Crippen molar-refractivity contribution in [1.29, 1.82) is 0 Å². The average Bonchev–Trinajstić information content (AvgIpc) is 2.71. The highest BCUT2D eigenvalue weighted by Gasteiger charge is 2.03. The molecule has 1 aromatic heterocycles. The van der Waals surface area contributed by atoms with Crippen LogP contribution in [0, 0.1) is 0 Å². The van der Waals surface area contributed by atoms with Crippen molar-refractivity contribution in [2.45, 2.75) is 19.6 Å². The zero-order chi connectivity index (χ0) is 12.8. The minimum absolute atomic E-state index is 0.0388. The Bertz CT molecular complexity index is 531.